The van der Waals surface area contributed by atoms with Crippen LogP contribution in [0.25, 0.3) is 0 Å². The molecular weight excluding hydrogens is 276 g/mol. The van der Waals surface area contributed by atoms with Crippen LogP contribution in [0.3, 0.4) is 0 Å². The summed E-state index contributed by atoms with van der Waals surface area (Å²) in [6, 6.07) is 0.621. The van der Waals surface area contributed by atoms with Crippen LogP contribution in [-0.4, -0.2) is 49.0 Å². The molecular formula is C13H24N4O2S. The van der Waals surface area contributed by atoms with Crippen LogP contribution < -0.4 is 4.72 Å². The Labute approximate surface area is 121 Å². The van der Waals surface area contributed by atoms with Gasteiger partial charge in [-0.25, -0.2) is 18.1 Å². The molecule has 1 aliphatic rings. The Bertz CT molecular complexity index is 526. The van der Waals surface area contributed by atoms with Gasteiger partial charge < -0.3 is 9.88 Å². The largest absolute Gasteiger partial charge is 0.332 e. The predicted molar refractivity (Wildman–Crippen MR) is 78.0 cm³/mol. The lowest BCUT2D eigenvalue weighted by atomic mass is 10.0. The molecule has 0 spiro atoms. The first kappa shape index (κ1) is 15.5. The highest BCUT2D eigenvalue weighted by molar-refractivity contribution is 7.89. The van der Waals surface area contributed by atoms with Gasteiger partial charge in [0.25, 0.3) is 10.0 Å². The standard InChI is InChI=1S/C13H24N4O2S/c1-11-6-3-4-8-17(11)9-5-7-15-20(18,19)13-10-14-12(2)16-13/h10-11,15H,3-9H2,1-2H3,(H,14,16). The van der Waals surface area contributed by atoms with Crippen molar-refractivity contribution in [2.24, 2.45) is 0 Å². The number of hydrogen-bond acceptors (Lipinski definition) is 4. The quantitative estimate of drug-likeness (QED) is 0.775. The van der Waals surface area contributed by atoms with Crippen molar-refractivity contribution < 1.29 is 8.42 Å². The molecule has 114 valence electrons. The minimum absolute atomic E-state index is 0.140. The van der Waals surface area contributed by atoms with E-state index in [1.165, 1.54) is 25.5 Å². The third kappa shape index (κ3) is 4.04. The van der Waals surface area contributed by atoms with E-state index in [2.05, 4.69) is 26.5 Å². The maximum atomic E-state index is 12.0. The second-order valence-electron chi connectivity index (χ2n) is 5.46. The Balaban J connectivity index is 1.75. The molecule has 7 heteroatoms. The summed E-state index contributed by atoms with van der Waals surface area (Å²) in [4.78, 5) is 9.10. The van der Waals surface area contributed by atoms with E-state index in [0.29, 0.717) is 18.4 Å². The molecule has 0 amide bonds. The first-order valence-corrected chi connectivity index (χ1v) is 8.73. The summed E-state index contributed by atoms with van der Waals surface area (Å²) >= 11 is 0. The van der Waals surface area contributed by atoms with Crippen molar-refractivity contribution >= 4 is 10.0 Å². The van der Waals surface area contributed by atoms with Crippen LogP contribution in [0.5, 0.6) is 0 Å². The molecule has 2 N–H and O–H groups in total. The summed E-state index contributed by atoms with van der Waals surface area (Å²) in [5.41, 5.74) is 0. The third-order valence-electron chi connectivity index (χ3n) is 3.82. The zero-order valence-corrected chi connectivity index (χ0v) is 13.0. The number of hydrogen-bond donors (Lipinski definition) is 2. The lowest BCUT2D eigenvalue weighted by Crippen LogP contribution is -2.39. The van der Waals surface area contributed by atoms with Crippen LogP contribution in [0.2, 0.25) is 0 Å². The van der Waals surface area contributed by atoms with Crippen LogP contribution in [0.15, 0.2) is 11.2 Å². The topological polar surface area (TPSA) is 78.1 Å². The minimum Gasteiger partial charge on any atom is -0.332 e. The molecule has 1 aromatic rings. The Morgan fingerprint density at radius 3 is 2.95 bits per heavy atom. The van der Waals surface area contributed by atoms with Gasteiger partial charge in [-0.2, -0.15) is 0 Å². The number of aryl methyl sites for hydroxylation is 1. The molecule has 1 atom stereocenters. The fourth-order valence-corrected chi connectivity index (χ4v) is 3.63. The van der Waals surface area contributed by atoms with Crippen LogP contribution in [-0.2, 0) is 10.0 Å². The van der Waals surface area contributed by atoms with Crippen molar-refractivity contribution in [2.45, 2.75) is 50.6 Å². The van der Waals surface area contributed by atoms with E-state index in [1.54, 1.807) is 6.92 Å². The summed E-state index contributed by atoms with van der Waals surface area (Å²) in [6.07, 6.45) is 5.99. The molecule has 1 fully saturated rings. The van der Waals surface area contributed by atoms with E-state index in [4.69, 9.17) is 0 Å². The van der Waals surface area contributed by atoms with Gasteiger partial charge in [-0.15, -0.1) is 0 Å². The van der Waals surface area contributed by atoms with Gasteiger partial charge in [0.05, 0.1) is 6.20 Å². The maximum Gasteiger partial charge on any atom is 0.257 e. The normalized spacial score (nSPS) is 21.2. The van der Waals surface area contributed by atoms with Crippen molar-refractivity contribution in [3.8, 4) is 0 Å². The van der Waals surface area contributed by atoms with Crippen LogP contribution >= 0.6 is 0 Å². The highest BCUT2D eigenvalue weighted by Gasteiger charge is 2.19. The molecule has 2 rings (SSSR count). The van der Waals surface area contributed by atoms with Gasteiger partial charge in [0.1, 0.15) is 5.82 Å². The van der Waals surface area contributed by atoms with Gasteiger partial charge in [-0.05, 0) is 46.2 Å². The molecule has 0 bridgehead atoms. The number of likely N-dealkylation sites (tertiary alicyclic amines) is 1. The molecule has 2 heterocycles. The summed E-state index contributed by atoms with van der Waals surface area (Å²) in [7, 11) is -3.44. The number of piperidine rings is 1. The second-order valence-corrected chi connectivity index (χ2v) is 7.20. The number of nitrogens with one attached hydrogen (secondary N) is 2. The molecule has 1 aliphatic heterocycles. The predicted octanol–water partition coefficient (Wildman–Crippen LogP) is 1.26. The molecule has 20 heavy (non-hydrogen) atoms. The summed E-state index contributed by atoms with van der Waals surface area (Å²) in [5.74, 6) is 0.604. The molecule has 6 nitrogen and oxygen atoms in total. The molecule has 0 aromatic carbocycles. The summed E-state index contributed by atoms with van der Waals surface area (Å²) in [5, 5.41) is 0.140. The molecule has 1 aromatic heterocycles. The number of aromatic amines is 1. The third-order valence-corrected chi connectivity index (χ3v) is 5.19. The van der Waals surface area contributed by atoms with Crippen LogP contribution in [0, 0.1) is 6.92 Å². The Morgan fingerprint density at radius 2 is 2.30 bits per heavy atom. The van der Waals surface area contributed by atoms with E-state index >= 15 is 0 Å². The van der Waals surface area contributed by atoms with Gasteiger partial charge in [0, 0.05) is 12.6 Å². The number of imidazole rings is 1. The first-order chi connectivity index (χ1) is 9.49. The average Bonchev–Trinajstić information content (AvgIpc) is 2.84. The van der Waals surface area contributed by atoms with E-state index in [0.717, 1.165) is 19.5 Å². The SMILES string of the molecule is Cc1ncc(S(=O)(=O)NCCCN2CCCCC2C)[nH]1. The Kier molecular flexibility index (Phi) is 5.17. The molecule has 0 saturated carbocycles. The molecule has 1 saturated heterocycles. The van der Waals surface area contributed by atoms with Crippen molar-refractivity contribution in [1.82, 2.24) is 19.6 Å². The summed E-state index contributed by atoms with van der Waals surface area (Å²) in [6.45, 7) is 6.52. The lowest BCUT2D eigenvalue weighted by molar-refractivity contribution is 0.159. The van der Waals surface area contributed by atoms with Crippen LogP contribution in [0.1, 0.15) is 38.4 Å². The highest BCUT2D eigenvalue weighted by atomic mass is 32.2. The van der Waals surface area contributed by atoms with Crippen molar-refractivity contribution in [3.05, 3.63) is 12.0 Å². The number of aromatic nitrogens is 2. The minimum atomic E-state index is -3.44. The molecule has 0 radical (unpaired) electrons. The molecule has 0 aliphatic carbocycles. The zero-order valence-electron chi connectivity index (χ0n) is 12.2. The highest BCUT2D eigenvalue weighted by Crippen LogP contribution is 2.16. The zero-order chi connectivity index (χ0) is 14.6. The summed E-state index contributed by atoms with van der Waals surface area (Å²) < 4.78 is 26.5. The van der Waals surface area contributed by atoms with Gasteiger partial charge in [-0.3, -0.25) is 0 Å². The second kappa shape index (κ2) is 6.69. The van der Waals surface area contributed by atoms with Gasteiger partial charge >= 0.3 is 0 Å². The fraction of sp³-hybridized carbons (Fsp3) is 0.769. The van der Waals surface area contributed by atoms with Crippen molar-refractivity contribution in [1.29, 1.82) is 0 Å². The number of sulfonamides is 1. The van der Waals surface area contributed by atoms with Crippen molar-refractivity contribution in [3.63, 3.8) is 0 Å². The monoisotopic (exact) mass is 300 g/mol. The Hall–Kier alpha value is -0.920. The van der Waals surface area contributed by atoms with Gasteiger partial charge in [-0.1, -0.05) is 6.42 Å². The van der Waals surface area contributed by atoms with Gasteiger partial charge in [0.15, 0.2) is 5.03 Å². The van der Waals surface area contributed by atoms with E-state index < -0.39 is 10.0 Å². The molecule has 1 unspecified atom stereocenters. The van der Waals surface area contributed by atoms with Crippen molar-refractivity contribution in [2.75, 3.05) is 19.6 Å². The average molecular weight is 300 g/mol. The van der Waals surface area contributed by atoms with Gasteiger partial charge in [0.2, 0.25) is 0 Å². The smallest absolute Gasteiger partial charge is 0.257 e. The number of nitrogens with zero attached hydrogens (tertiary/aromatic N) is 2. The van der Waals surface area contributed by atoms with E-state index in [1.807, 2.05) is 0 Å². The fourth-order valence-electron chi connectivity index (χ4n) is 2.59. The van der Waals surface area contributed by atoms with E-state index in [9.17, 15) is 8.42 Å². The first-order valence-electron chi connectivity index (χ1n) is 7.24. The number of H-pyrrole nitrogens is 1. The number of rotatable bonds is 6. The lowest BCUT2D eigenvalue weighted by Gasteiger charge is -2.33. The maximum absolute atomic E-state index is 12.0. The van der Waals surface area contributed by atoms with Crippen LogP contribution in [0.4, 0.5) is 0 Å². The Morgan fingerprint density at radius 1 is 1.50 bits per heavy atom. The van der Waals surface area contributed by atoms with E-state index in [-0.39, 0.29) is 5.03 Å².